The third-order valence-corrected chi connectivity index (χ3v) is 2.97. The van der Waals surface area contributed by atoms with Crippen molar-refractivity contribution in [2.75, 3.05) is 5.73 Å². The second-order valence-electron chi connectivity index (χ2n) is 4.23. The number of nitrogens with two attached hydrogens (primary N) is 1. The molecule has 0 spiro atoms. The molecule has 114 valence electrons. The van der Waals surface area contributed by atoms with Gasteiger partial charge in [0.2, 0.25) is 0 Å². The van der Waals surface area contributed by atoms with Crippen molar-refractivity contribution < 1.29 is 22.3 Å². The highest BCUT2D eigenvalue weighted by Gasteiger charge is 2.32. The number of nitriles is 1. The maximum atomic E-state index is 13.8. The predicted molar refractivity (Wildman–Crippen MR) is 72.1 cm³/mol. The first kappa shape index (κ1) is 15.9. The highest BCUT2D eigenvalue weighted by molar-refractivity contribution is 6.32. The number of nitrogens with zero attached hydrogens (tertiary/aromatic N) is 1. The van der Waals surface area contributed by atoms with Crippen molar-refractivity contribution in [3.05, 3.63) is 52.3 Å². The maximum Gasteiger partial charge on any atom is 0.416 e. The molecule has 2 N–H and O–H groups in total. The fourth-order valence-corrected chi connectivity index (χ4v) is 1.89. The molecule has 0 fully saturated rings. The minimum Gasteiger partial charge on any atom is -0.453 e. The molecule has 0 radical (unpaired) electrons. The fourth-order valence-electron chi connectivity index (χ4n) is 1.65. The average Bonchev–Trinajstić information content (AvgIpc) is 2.41. The van der Waals surface area contributed by atoms with Crippen LogP contribution in [0.2, 0.25) is 5.02 Å². The zero-order chi connectivity index (χ0) is 16.5. The summed E-state index contributed by atoms with van der Waals surface area (Å²) in [5.74, 6) is -1.78. The van der Waals surface area contributed by atoms with Gasteiger partial charge in [0.1, 0.15) is 11.8 Å². The van der Waals surface area contributed by atoms with E-state index in [4.69, 9.17) is 27.3 Å². The molecule has 0 unspecified atom stereocenters. The highest BCUT2D eigenvalue weighted by Crippen LogP contribution is 2.38. The van der Waals surface area contributed by atoms with Crippen molar-refractivity contribution in [3.8, 4) is 17.6 Å². The second kappa shape index (κ2) is 5.73. The van der Waals surface area contributed by atoms with Crippen LogP contribution in [0, 0.1) is 17.1 Å². The van der Waals surface area contributed by atoms with Crippen LogP contribution in [0.5, 0.6) is 11.5 Å². The van der Waals surface area contributed by atoms with Crippen LogP contribution in [0.25, 0.3) is 0 Å². The smallest absolute Gasteiger partial charge is 0.416 e. The quantitative estimate of drug-likeness (QED) is 0.639. The number of halogens is 5. The van der Waals surface area contributed by atoms with Gasteiger partial charge in [-0.15, -0.1) is 0 Å². The molecule has 0 aliphatic carbocycles. The van der Waals surface area contributed by atoms with Gasteiger partial charge in [-0.05, 0) is 24.3 Å². The van der Waals surface area contributed by atoms with Crippen molar-refractivity contribution >= 4 is 17.3 Å². The Kier molecular flexibility index (Phi) is 4.15. The lowest BCUT2D eigenvalue weighted by atomic mass is 10.2. The van der Waals surface area contributed by atoms with Crippen molar-refractivity contribution in [1.29, 1.82) is 5.26 Å². The maximum absolute atomic E-state index is 13.8. The molecule has 0 heterocycles. The van der Waals surface area contributed by atoms with Gasteiger partial charge in [0.15, 0.2) is 11.6 Å². The summed E-state index contributed by atoms with van der Waals surface area (Å²) in [4.78, 5) is 0. The van der Waals surface area contributed by atoms with Gasteiger partial charge in [-0.3, -0.25) is 0 Å². The molecule has 8 heteroatoms. The SMILES string of the molecule is N#Cc1ccc(Oc2c(F)cc(C(F)(F)F)cc2Cl)cc1N. The first-order chi connectivity index (χ1) is 10.2. The summed E-state index contributed by atoms with van der Waals surface area (Å²) in [5.41, 5.74) is 4.62. The van der Waals surface area contributed by atoms with E-state index in [9.17, 15) is 17.6 Å². The van der Waals surface area contributed by atoms with Crippen LogP contribution in [-0.2, 0) is 6.18 Å². The van der Waals surface area contributed by atoms with Crippen LogP contribution >= 0.6 is 11.6 Å². The summed E-state index contributed by atoms with van der Waals surface area (Å²) in [6, 6.07) is 6.57. The lowest BCUT2D eigenvalue weighted by molar-refractivity contribution is -0.137. The molecular formula is C14H7ClF4N2O. The third-order valence-electron chi connectivity index (χ3n) is 2.69. The number of hydrogen-bond acceptors (Lipinski definition) is 3. The Bertz CT molecular complexity index is 745. The molecule has 2 aromatic carbocycles. The molecule has 2 rings (SSSR count). The molecule has 0 saturated carbocycles. The van der Waals surface area contributed by atoms with Gasteiger partial charge in [-0.2, -0.15) is 18.4 Å². The molecule has 2 aromatic rings. The predicted octanol–water partition coefficient (Wildman–Crippen LogP) is 4.74. The van der Waals surface area contributed by atoms with Crippen molar-refractivity contribution in [2.24, 2.45) is 0 Å². The molecule has 0 amide bonds. The summed E-state index contributed by atoms with van der Waals surface area (Å²) in [6.07, 6.45) is -4.72. The average molecular weight is 331 g/mol. The largest absolute Gasteiger partial charge is 0.453 e. The zero-order valence-corrected chi connectivity index (χ0v) is 11.5. The third kappa shape index (κ3) is 3.23. The monoisotopic (exact) mass is 330 g/mol. The number of ether oxygens (including phenoxy) is 1. The normalized spacial score (nSPS) is 11.1. The number of benzene rings is 2. The van der Waals surface area contributed by atoms with Crippen LogP contribution in [-0.4, -0.2) is 0 Å². The van der Waals surface area contributed by atoms with Gasteiger partial charge >= 0.3 is 6.18 Å². The van der Waals surface area contributed by atoms with E-state index in [0.29, 0.717) is 6.07 Å². The van der Waals surface area contributed by atoms with Crippen LogP contribution in [0.15, 0.2) is 30.3 Å². The van der Waals surface area contributed by atoms with E-state index in [-0.39, 0.29) is 23.1 Å². The molecule has 0 aromatic heterocycles. The van der Waals surface area contributed by atoms with E-state index in [1.807, 2.05) is 6.07 Å². The van der Waals surface area contributed by atoms with Gasteiger partial charge < -0.3 is 10.5 Å². The van der Waals surface area contributed by atoms with E-state index < -0.39 is 28.3 Å². The first-order valence-electron chi connectivity index (χ1n) is 5.76. The van der Waals surface area contributed by atoms with E-state index in [1.54, 1.807) is 0 Å². The lowest BCUT2D eigenvalue weighted by Crippen LogP contribution is -2.06. The number of nitrogen functional groups attached to an aromatic ring is 1. The minimum absolute atomic E-state index is 0.0389. The Balaban J connectivity index is 2.39. The number of alkyl halides is 3. The number of rotatable bonds is 2. The summed E-state index contributed by atoms with van der Waals surface area (Å²) in [5, 5.41) is 8.20. The fraction of sp³-hybridized carbons (Fsp3) is 0.0714. The Hall–Kier alpha value is -2.46. The molecule has 0 atom stereocenters. The molecule has 3 nitrogen and oxygen atoms in total. The Morgan fingerprint density at radius 3 is 2.36 bits per heavy atom. The molecule has 0 aliphatic heterocycles. The van der Waals surface area contributed by atoms with Crippen LogP contribution in [0.1, 0.15) is 11.1 Å². The summed E-state index contributed by atoms with van der Waals surface area (Å²) in [6.45, 7) is 0. The first-order valence-corrected chi connectivity index (χ1v) is 6.14. The van der Waals surface area contributed by atoms with E-state index >= 15 is 0 Å². The van der Waals surface area contributed by atoms with Crippen LogP contribution < -0.4 is 10.5 Å². The molecule has 0 aliphatic rings. The summed E-state index contributed by atoms with van der Waals surface area (Å²) >= 11 is 5.64. The van der Waals surface area contributed by atoms with Gasteiger partial charge in [0.25, 0.3) is 0 Å². The molecule has 22 heavy (non-hydrogen) atoms. The zero-order valence-electron chi connectivity index (χ0n) is 10.7. The summed E-state index contributed by atoms with van der Waals surface area (Å²) < 4.78 is 56.5. The molecule has 0 saturated heterocycles. The standard InChI is InChI=1S/C14H7ClF4N2O/c15-10-3-8(14(17,18)19)4-11(16)13(10)22-9-2-1-7(6-20)12(21)5-9/h1-5H,21H2. The Morgan fingerprint density at radius 2 is 1.86 bits per heavy atom. The van der Waals surface area contributed by atoms with E-state index in [1.165, 1.54) is 18.2 Å². The van der Waals surface area contributed by atoms with E-state index in [0.717, 1.165) is 0 Å². The van der Waals surface area contributed by atoms with Gasteiger partial charge in [-0.1, -0.05) is 11.6 Å². The van der Waals surface area contributed by atoms with Crippen molar-refractivity contribution in [2.45, 2.75) is 6.18 Å². The number of hydrogen-bond donors (Lipinski definition) is 1. The Labute approximate surface area is 127 Å². The van der Waals surface area contributed by atoms with Gasteiger partial charge in [0.05, 0.1) is 21.8 Å². The van der Waals surface area contributed by atoms with Crippen LogP contribution in [0.4, 0.5) is 23.2 Å². The van der Waals surface area contributed by atoms with E-state index in [2.05, 4.69) is 0 Å². The van der Waals surface area contributed by atoms with Gasteiger partial charge in [-0.25, -0.2) is 4.39 Å². The van der Waals surface area contributed by atoms with Crippen molar-refractivity contribution in [1.82, 2.24) is 0 Å². The van der Waals surface area contributed by atoms with Crippen molar-refractivity contribution in [3.63, 3.8) is 0 Å². The topological polar surface area (TPSA) is 59.0 Å². The lowest BCUT2D eigenvalue weighted by Gasteiger charge is -2.12. The highest BCUT2D eigenvalue weighted by atomic mass is 35.5. The van der Waals surface area contributed by atoms with Crippen LogP contribution in [0.3, 0.4) is 0 Å². The number of anilines is 1. The Morgan fingerprint density at radius 1 is 1.18 bits per heavy atom. The second-order valence-corrected chi connectivity index (χ2v) is 4.64. The summed E-state index contributed by atoms with van der Waals surface area (Å²) in [7, 11) is 0. The van der Waals surface area contributed by atoms with Gasteiger partial charge in [0, 0.05) is 6.07 Å². The minimum atomic E-state index is -4.72. The molecule has 0 bridgehead atoms. The molecular weight excluding hydrogens is 324 g/mol.